The van der Waals surface area contributed by atoms with E-state index in [-0.39, 0.29) is 29.0 Å². The van der Waals surface area contributed by atoms with Crippen LogP contribution in [0.4, 0.5) is 13.2 Å². The van der Waals surface area contributed by atoms with Crippen molar-refractivity contribution in [1.29, 1.82) is 5.41 Å². The Morgan fingerprint density at radius 3 is 2.44 bits per heavy atom. The van der Waals surface area contributed by atoms with Crippen molar-refractivity contribution in [1.82, 2.24) is 10.1 Å². The van der Waals surface area contributed by atoms with Crippen LogP contribution in [-0.4, -0.2) is 22.6 Å². The molecule has 1 saturated carbocycles. The van der Waals surface area contributed by atoms with Crippen molar-refractivity contribution in [2.45, 2.75) is 97.6 Å². The van der Waals surface area contributed by atoms with E-state index in [2.05, 4.69) is 17.1 Å². The number of amidine groups is 1. The zero-order valence-corrected chi connectivity index (χ0v) is 22.0. The summed E-state index contributed by atoms with van der Waals surface area (Å²) in [5.41, 5.74) is 4.61. The van der Waals surface area contributed by atoms with Gasteiger partial charge >= 0.3 is 6.18 Å². The number of nitrogens with one attached hydrogen (secondary N) is 1. The fourth-order valence-electron chi connectivity index (χ4n) is 3.98. The zero-order valence-electron chi connectivity index (χ0n) is 22.0. The van der Waals surface area contributed by atoms with Gasteiger partial charge in [-0.05, 0) is 49.8 Å². The predicted octanol–water partition coefficient (Wildman–Crippen LogP) is 7.98. The Kier molecular flexibility index (Phi) is 11.7. The molecule has 36 heavy (non-hydrogen) atoms. The standard InChI is InChI=1S/C22H29F3N2O2.C5H12N2/c1-3-4-8-15(2)21-26-20(27-29-21)17-11-12-19(18(13-17)22(23,24)25)28-14-16-9-6-5-7-10-16;1-3-4(2)5(6)7/h11-13,15-16H,3-10,14H2,1-2H3;4H,3H2,1-2H3,(H3,6,7). The fraction of sp³-hybridized carbons (Fsp3) is 0.667. The number of alkyl halides is 3. The van der Waals surface area contributed by atoms with E-state index < -0.39 is 11.7 Å². The number of halogens is 3. The first-order valence-electron chi connectivity index (χ1n) is 13.1. The molecule has 0 radical (unpaired) electrons. The molecule has 0 amide bonds. The van der Waals surface area contributed by atoms with Gasteiger partial charge < -0.3 is 15.0 Å². The van der Waals surface area contributed by atoms with Crippen LogP contribution in [0.25, 0.3) is 11.4 Å². The minimum absolute atomic E-state index is 0.0800. The average Bonchev–Trinajstić information content (AvgIpc) is 3.36. The lowest BCUT2D eigenvalue weighted by Gasteiger charge is -2.23. The number of hydrogen-bond donors (Lipinski definition) is 2. The summed E-state index contributed by atoms with van der Waals surface area (Å²) < 4.78 is 51.8. The summed E-state index contributed by atoms with van der Waals surface area (Å²) in [4.78, 5) is 4.32. The number of rotatable bonds is 10. The molecule has 6 nitrogen and oxygen atoms in total. The second-order valence-corrected chi connectivity index (χ2v) is 9.79. The molecule has 1 aromatic heterocycles. The van der Waals surface area contributed by atoms with Crippen LogP contribution in [0, 0.1) is 17.2 Å². The van der Waals surface area contributed by atoms with Gasteiger partial charge in [0.05, 0.1) is 18.0 Å². The highest BCUT2D eigenvalue weighted by Crippen LogP contribution is 2.39. The molecule has 1 heterocycles. The average molecular weight is 511 g/mol. The van der Waals surface area contributed by atoms with E-state index in [1.165, 1.54) is 12.5 Å². The lowest BCUT2D eigenvalue weighted by atomic mass is 9.90. The fourth-order valence-corrected chi connectivity index (χ4v) is 3.98. The lowest BCUT2D eigenvalue weighted by Crippen LogP contribution is -2.18. The van der Waals surface area contributed by atoms with Gasteiger partial charge in [0.2, 0.25) is 11.7 Å². The maximum atomic E-state index is 13.6. The molecule has 2 unspecified atom stereocenters. The van der Waals surface area contributed by atoms with Gasteiger partial charge in [-0.2, -0.15) is 18.2 Å². The Labute approximate surface area is 212 Å². The molecule has 9 heteroatoms. The monoisotopic (exact) mass is 510 g/mol. The number of aromatic nitrogens is 2. The SMILES string of the molecule is CCC(C)C(=N)N.CCCCC(C)c1nc(-c2ccc(OCC3CCCCC3)c(C(F)(F)F)c2)no1. The Morgan fingerprint density at radius 2 is 1.89 bits per heavy atom. The number of nitrogens with zero attached hydrogens (tertiary/aromatic N) is 2. The van der Waals surface area contributed by atoms with Crippen molar-refractivity contribution in [2.75, 3.05) is 6.61 Å². The van der Waals surface area contributed by atoms with E-state index in [1.54, 1.807) is 6.07 Å². The summed E-state index contributed by atoms with van der Waals surface area (Å²) >= 11 is 0. The Hall–Kier alpha value is -2.58. The van der Waals surface area contributed by atoms with Gasteiger partial charge in [0.15, 0.2) is 0 Å². The predicted molar refractivity (Wildman–Crippen MR) is 136 cm³/mol. The van der Waals surface area contributed by atoms with Crippen molar-refractivity contribution in [3.8, 4) is 17.1 Å². The smallest absolute Gasteiger partial charge is 0.419 e. The van der Waals surface area contributed by atoms with E-state index in [4.69, 9.17) is 20.4 Å². The van der Waals surface area contributed by atoms with Crippen LogP contribution in [0.3, 0.4) is 0 Å². The molecule has 0 bridgehead atoms. The molecule has 202 valence electrons. The van der Waals surface area contributed by atoms with Gasteiger partial charge in [0, 0.05) is 17.4 Å². The highest BCUT2D eigenvalue weighted by Gasteiger charge is 2.35. The van der Waals surface area contributed by atoms with Gasteiger partial charge in [0.1, 0.15) is 5.75 Å². The molecule has 3 rings (SSSR count). The Morgan fingerprint density at radius 1 is 1.19 bits per heavy atom. The first-order chi connectivity index (χ1) is 17.1. The maximum absolute atomic E-state index is 13.6. The van der Waals surface area contributed by atoms with Gasteiger partial charge in [-0.1, -0.05) is 65.0 Å². The van der Waals surface area contributed by atoms with E-state index >= 15 is 0 Å². The lowest BCUT2D eigenvalue weighted by molar-refractivity contribution is -0.139. The third-order valence-corrected chi connectivity index (χ3v) is 6.74. The molecule has 2 aromatic rings. The number of benzene rings is 1. The van der Waals surface area contributed by atoms with Crippen LogP contribution in [-0.2, 0) is 6.18 Å². The second kappa shape index (κ2) is 14.2. The van der Waals surface area contributed by atoms with Gasteiger partial charge in [-0.3, -0.25) is 5.41 Å². The van der Waals surface area contributed by atoms with Crippen molar-refractivity contribution in [2.24, 2.45) is 17.6 Å². The number of hydrogen-bond acceptors (Lipinski definition) is 5. The minimum Gasteiger partial charge on any atom is -0.493 e. The summed E-state index contributed by atoms with van der Waals surface area (Å²) in [7, 11) is 0. The summed E-state index contributed by atoms with van der Waals surface area (Å²) in [6.07, 6.45) is 4.91. The van der Waals surface area contributed by atoms with Crippen molar-refractivity contribution in [3.05, 3.63) is 29.7 Å². The van der Waals surface area contributed by atoms with Crippen LogP contribution < -0.4 is 10.5 Å². The number of unbranched alkanes of at least 4 members (excludes halogenated alkanes) is 1. The third-order valence-electron chi connectivity index (χ3n) is 6.74. The Bertz CT molecular complexity index is 939. The van der Waals surface area contributed by atoms with Crippen molar-refractivity contribution in [3.63, 3.8) is 0 Å². The van der Waals surface area contributed by atoms with E-state index in [0.29, 0.717) is 24.3 Å². The van der Waals surface area contributed by atoms with Crippen LogP contribution in [0.5, 0.6) is 5.75 Å². The highest BCUT2D eigenvalue weighted by molar-refractivity contribution is 5.79. The van der Waals surface area contributed by atoms with Gasteiger partial charge in [-0.25, -0.2) is 0 Å². The molecule has 0 saturated heterocycles. The normalized spacial score (nSPS) is 16.1. The third kappa shape index (κ3) is 9.13. The first-order valence-corrected chi connectivity index (χ1v) is 13.1. The zero-order chi connectivity index (χ0) is 26.7. The molecule has 1 aromatic carbocycles. The Balaban J connectivity index is 0.000000572. The molecular weight excluding hydrogens is 469 g/mol. The summed E-state index contributed by atoms with van der Waals surface area (Å²) in [5.74, 6) is 1.46. The molecular formula is C27H41F3N4O2. The summed E-state index contributed by atoms with van der Waals surface area (Å²) in [6, 6.07) is 4.00. The molecule has 3 N–H and O–H groups in total. The van der Waals surface area contributed by atoms with E-state index in [9.17, 15) is 13.2 Å². The van der Waals surface area contributed by atoms with Crippen LogP contribution in [0.2, 0.25) is 0 Å². The van der Waals surface area contributed by atoms with Gasteiger partial charge in [0.25, 0.3) is 0 Å². The number of ether oxygens (including phenoxy) is 1. The maximum Gasteiger partial charge on any atom is 0.419 e. The molecule has 1 aliphatic rings. The summed E-state index contributed by atoms with van der Waals surface area (Å²) in [6.45, 7) is 8.37. The van der Waals surface area contributed by atoms with Gasteiger partial charge in [-0.15, -0.1) is 0 Å². The van der Waals surface area contributed by atoms with E-state index in [1.807, 2.05) is 20.8 Å². The molecule has 1 aliphatic carbocycles. The van der Waals surface area contributed by atoms with E-state index in [0.717, 1.165) is 57.4 Å². The molecule has 0 spiro atoms. The highest BCUT2D eigenvalue weighted by atomic mass is 19.4. The second-order valence-electron chi connectivity index (χ2n) is 9.79. The topological polar surface area (TPSA) is 98.0 Å². The van der Waals surface area contributed by atoms with Crippen LogP contribution in [0.1, 0.15) is 103 Å². The van der Waals surface area contributed by atoms with Crippen molar-refractivity contribution >= 4 is 5.84 Å². The quantitative estimate of drug-likeness (QED) is 0.249. The van der Waals surface area contributed by atoms with Crippen LogP contribution >= 0.6 is 0 Å². The van der Waals surface area contributed by atoms with Crippen LogP contribution in [0.15, 0.2) is 22.7 Å². The minimum atomic E-state index is -4.51. The van der Waals surface area contributed by atoms with Crippen molar-refractivity contribution < 1.29 is 22.4 Å². The first kappa shape index (κ1) is 29.6. The molecule has 0 aliphatic heterocycles. The molecule has 1 fully saturated rings. The number of nitrogens with two attached hydrogens (primary N) is 1. The summed E-state index contributed by atoms with van der Waals surface area (Å²) in [5, 5.41) is 10.8. The largest absolute Gasteiger partial charge is 0.493 e. The molecule has 2 atom stereocenters.